The van der Waals surface area contributed by atoms with Crippen LogP contribution >= 0.6 is 0 Å². The van der Waals surface area contributed by atoms with E-state index < -0.39 is 0 Å². The third-order valence-corrected chi connectivity index (χ3v) is 5.56. The van der Waals surface area contributed by atoms with Crippen LogP contribution in [0.2, 0.25) is 0 Å². The molecule has 5 heteroatoms. The van der Waals surface area contributed by atoms with Crippen LogP contribution in [-0.2, 0) is 13.0 Å². The van der Waals surface area contributed by atoms with Gasteiger partial charge in [-0.05, 0) is 36.8 Å². The summed E-state index contributed by atoms with van der Waals surface area (Å²) in [4.78, 5) is 28.4. The van der Waals surface area contributed by atoms with Gasteiger partial charge in [-0.25, -0.2) is 4.68 Å². The zero-order valence-electron chi connectivity index (χ0n) is 17.0. The molecule has 2 heterocycles. The van der Waals surface area contributed by atoms with Gasteiger partial charge >= 0.3 is 0 Å². The molecule has 1 unspecified atom stereocenters. The molecule has 29 heavy (non-hydrogen) atoms. The van der Waals surface area contributed by atoms with Crippen molar-refractivity contribution in [3.63, 3.8) is 0 Å². The predicted octanol–water partition coefficient (Wildman–Crippen LogP) is 3.90. The maximum Gasteiger partial charge on any atom is 0.275 e. The van der Waals surface area contributed by atoms with Gasteiger partial charge in [0.2, 0.25) is 0 Å². The summed E-state index contributed by atoms with van der Waals surface area (Å²) < 4.78 is 1.46. The Morgan fingerprint density at radius 3 is 2.48 bits per heavy atom. The van der Waals surface area contributed by atoms with Crippen LogP contribution in [0.1, 0.15) is 42.7 Å². The molecule has 0 aliphatic carbocycles. The van der Waals surface area contributed by atoms with Crippen molar-refractivity contribution in [2.24, 2.45) is 5.92 Å². The van der Waals surface area contributed by atoms with Crippen LogP contribution in [0.4, 0.5) is 0 Å². The normalized spacial score (nSPS) is 16.7. The first kappa shape index (κ1) is 19.4. The van der Waals surface area contributed by atoms with E-state index >= 15 is 0 Å². The standard InChI is InChI=1S/C24H27N3O2/c1-17(2)16-27-23(28)21-13-7-6-12-20(21)22(25-27)24(29)26-14-8-11-19(26)15-18-9-4-3-5-10-18/h3-7,9-10,12-13,17,19H,8,11,14-16H2,1-2H3. The number of aromatic nitrogens is 2. The fourth-order valence-corrected chi connectivity index (χ4v) is 4.20. The van der Waals surface area contributed by atoms with Crippen LogP contribution in [-0.4, -0.2) is 33.2 Å². The maximum atomic E-state index is 13.6. The molecule has 1 saturated heterocycles. The molecule has 0 spiro atoms. The first-order valence-corrected chi connectivity index (χ1v) is 10.4. The highest BCUT2D eigenvalue weighted by atomic mass is 16.2. The summed E-state index contributed by atoms with van der Waals surface area (Å²) in [5.41, 5.74) is 1.49. The minimum Gasteiger partial charge on any atom is -0.334 e. The molecule has 1 fully saturated rings. The van der Waals surface area contributed by atoms with Gasteiger partial charge in [-0.1, -0.05) is 62.4 Å². The average Bonchev–Trinajstić information content (AvgIpc) is 3.18. The summed E-state index contributed by atoms with van der Waals surface area (Å²) in [6.07, 6.45) is 2.83. The van der Waals surface area contributed by atoms with Crippen LogP contribution in [0.15, 0.2) is 59.4 Å². The van der Waals surface area contributed by atoms with Crippen molar-refractivity contribution in [3.8, 4) is 0 Å². The van der Waals surface area contributed by atoms with Gasteiger partial charge in [-0.2, -0.15) is 5.10 Å². The fraction of sp³-hybridized carbons (Fsp3) is 0.375. The van der Waals surface area contributed by atoms with E-state index in [0.717, 1.165) is 25.8 Å². The van der Waals surface area contributed by atoms with Crippen molar-refractivity contribution in [2.75, 3.05) is 6.54 Å². The van der Waals surface area contributed by atoms with Crippen LogP contribution in [0.3, 0.4) is 0 Å². The van der Waals surface area contributed by atoms with Crippen LogP contribution < -0.4 is 5.56 Å². The molecule has 4 rings (SSSR count). The Kier molecular flexibility index (Phi) is 5.47. The molecule has 0 N–H and O–H groups in total. The van der Waals surface area contributed by atoms with E-state index in [2.05, 4.69) is 17.2 Å². The molecule has 0 bridgehead atoms. The number of hydrogen-bond donors (Lipinski definition) is 0. The molecule has 0 radical (unpaired) electrons. The van der Waals surface area contributed by atoms with Gasteiger partial charge in [0.1, 0.15) is 0 Å². The van der Waals surface area contributed by atoms with Gasteiger partial charge in [-0.15, -0.1) is 0 Å². The SMILES string of the molecule is CC(C)Cn1nc(C(=O)N2CCCC2Cc2ccccc2)c2ccccc2c1=O. The number of likely N-dealkylation sites (tertiary alicyclic amines) is 1. The van der Waals surface area contributed by atoms with Gasteiger partial charge < -0.3 is 4.90 Å². The van der Waals surface area contributed by atoms with Gasteiger partial charge in [0.05, 0.1) is 5.39 Å². The summed E-state index contributed by atoms with van der Waals surface area (Å²) in [6.45, 7) is 5.31. The van der Waals surface area contributed by atoms with E-state index in [9.17, 15) is 9.59 Å². The highest BCUT2D eigenvalue weighted by Gasteiger charge is 2.31. The van der Waals surface area contributed by atoms with E-state index in [1.54, 1.807) is 6.07 Å². The number of carbonyl (C=O) groups excluding carboxylic acids is 1. The van der Waals surface area contributed by atoms with Crippen molar-refractivity contribution in [1.29, 1.82) is 0 Å². The number of amides is 1. The molecular weight excluding hydrogens is 362 g/mol. The summed E-state index contributed by atoms with van der Waals surface area (Å²) >= 11 is 0. The van der Waals surface area contributed by atoms with Gasteiger partial charge in [-0.3, -0.25) is 9.59 Å². The lowest BCUT2D eigenvalue weighted by Crippen LogP contribution is -2.39. The molecule has 5 nitrogen and oxygen atoms in total. The molecule has 3 aromatic rings. The quantitative estimate of drug-likeness (QED) is 0.665. The van der Waals surface area contributed by atoms with Gasteiger partial charge in [0.15, 0.2) is 5.69 Å². The van der Waals surface area contributed by atoms with E-state index in [1.807, 2.05) is 55.1 Å². The van der Waals surface area contributed by atoms with Gasteiger partial charge in [0, 0.05) is 24.5 Å². The van der Waals surface area contributed by atoms with Crippen LogP contribution in [0.25, 0.3) is 10.8 Å². The molecule has 1 amide bonds. The van der Waals surface area contributed by atoms with Crippen LogP contribution in [0.5, 0.6) is 0 Å². The lowest BCUT2D eigenvalue weighted by molar-refractivity contribution is 0.0729. The summed E-state index contributed by atoms with van der Waals surface area (Å²) in [5, 5.41) is 5.75. The summed E-state index contributed by atoms with van der Waals surface area (Å²) in [7, 11) is 0. The Balaban J connectivity index is 1.72. The topological polar surface area (TPSA) is 55.2 Å². The molecule has 1 aliphatic heterocycles. The Hall–Kier alpha value is -2.95. The highest BCUT2D eigenvalue weighted by Crippen LogP contribution is 2.25. The lowest BCUT2D eigenvalue weighted by atomic mass is 10.0. The zero-order chi connectivity index (χ0) is 20.4. The molecule has 1 aromatic heterocycles. The largest absolute Gasteiger partial charge is 0.334 e. The minimum atomic E-state index is -0.131. The first-order valence-electron chi connectivity index (χ1n) is 10.4. The van der Waals surface area contributed by atoms with Crippen molar-refractivity contribution in [3.05, 3.63) is 76.2 Å². The molecular formula is C24H27N3O2. The Labute approximate surface area is 171 Å². The molecule has 1 aliphatic rings. The first-order chi connectivity index (χ1) is 14.0. The number of hydrogen-bond acceptors (Lipinski definition) is 3. The van der Waals surface area contributed by atoms with Crippen molar-refractivity contribution in [2.45, 2.75) is 45.7 Å². The summed E-state index contributed by atoms with van der Waals surface area (Å²) in [6, 6.07) is 17.8. The minimum absolute atomic E-state index is 0.0721. The van der Waals surface area contributed by atoms with Gasteiger partial charge in [0.25, 0.3) is 11.5 Å². The third-order valence-electron chi connectivity index (χ3n) is 5.56. The monoisotopic (exact) mass is 389 g/mol. The molecule has 1 atom stereocenters. The van der Waals surface area contributed by atoms with E-state index in [1.165, 1.54) is 10.2 Å². The lowest BCUT2D eigenvalue weighted by Gasteiger charge is -2.25. The third kappa shape index (κ3) is 3.95. The fourth-order valence-electron chi connectivity index (χ4n) is 4.20. The Morgan fingerprint density at radius 2 is 1.76 bits per heavy atom. The zero-order valence-corrected chi connectivity index (χ0v) is 17.0. The summed E-state index contributed by atoms with van der Waals surface area (Å²) in [5.74, 6) is 0.194. The second-order valence-corrected chi connectivity index (χ2v) is 8.26. The van der Waals surface area contributed by atoms with Crippen molar-refractivity contribution >= 4 is 16.7 Å². The molecule has 150 valence electrons. The maximum absolute atomic E-state index is 13.6. The number of fused-ring (bicyclic) bond motifs is 1. The predicted molar refractivity (Wildman–Crippen MR) is 115 cm³/mol. The van der Waals surface area contributed by atoms with Crippen molar-refractivity contribution < 1.29 is 4.79 Å². The van der Waals surface area contributed by atoms with E-state index in [-0.39, 0.29) is 23.4 Å². The number of benzene rings is 2. The Morgan fingerprint density at radius 1 is 1.07 bits per heavy atom. The number of carbonyl (C=O) groups is 1. The molecule has 2 aromatic carbocycles. The Bertz CT molecular complexity index is 1070. The highest BCUT2D eigenvalue weighted by molar-refractivity contribution is 6.05. The average molecular weight is 389 g/mol. The van der Waals surface area contributed by atoms with Crippen LogP contribution in [0, 0.1) is 5.92 Å². The van der Waals surface area contributed by atoms with E-state index in [4.69, 9.17) is 0 Å². The number of rotatable bonds is 5. The second-order valence-electron chi connectivity index (χ2n) is 8.26. The molecule has 0 saturated carbocycles. The number of nitrogens with zero attached hydrogens (tertiary/aromatic N) is 3. The second kappa shape index (κ2) is 8.19. The smallest absolute Gasteiger partial charge is 0.275 e. The van der Waals surface area contributed by atoms with E-state index in [0.29, 0.717) is 23.0 Å². The van der Waals surface area contributed by atoms with Crippen molar-refractivity contribution in [1.82, 2.24) is 14.7 Å².